The highest BCUT2D eigenvalue weighted by Gasteiger charge is 2.11. The Morgan fingerprint density at radius 1 is 1.41 bits per heavy atom. The summed E-state index contributed by atoms with van der Waals surface area (Å²) < 4.78 is 14.9. The zero-order chi connectivity index (χ0) is 12.8. The fourth-order valence-corrected chi connectivity index (χ4v) is 1.34. The first-order valence-corrected chi connectivity index (χ1v) is 5.21. The van der Waals surface area contributed by atoms with E-state index >= 15 is 0 Å². The third kappa shape index (κ3) is 3.64. The average molecular weight is 239 g/mol. The molecule has 0 spiro atoms. The summed E-state index contributed by atoms with van der Waals surface area (Å²) in [6, 6.07) is 5.12. The predicted octanol–water partition coefficient (Wildman–Crippen LogP) is 1.27. The van der Waals surface area contributed by atoms with Gasteiger partial charge in [-0.1, -0.05) is 6.07 Å². The lowest BCUT2D eigenvalue weighted by Gasteiger charge is -2.14. The summed E-state index contributed by atoms with van der Waals surface area (Å²) in [5, 5.41) is 0. The number of rotatable bonds is 5. The fourth-order valence-electron chi connectivity index (χ4n) is 1.34. The molecule has 0 bridgehead atoms. The van der Waals surface area contributed by atoms with E-state index in [-0.39, 0.29) is 12.6 Å². The van der Waals surface area contributed by atoms with Gasteiger partial charge in [0, 0.05) is 17.7 Å². The lowest BCUT2D eigenvalue weighted by Crippen LogP contribution is -2.15. The van der Waals surface area contributed by atoms with Crippen molar-refractivity contribution in [3.63, 3.8) is 0 Å². The summed E-state index contributed by atoms with van der Waals surface area (Å²) >= 11 is 0. The maximum atomic E-state index is 11.0. The van der Waals surface area contributed by atoms with Crippen molar-refractivity contribution in [1.29, 1.82) is 0 Å². The monoisotopic (exact) mass is 239 g/mol. The second-order valence-corrected chi connectivity index (χ2v) is 3.56. The molecule has 0 radical (unpaired) electrons. The van der Waals surface area contributed by atoms with E-state index in [1.54, 1.807) is 19.2 Å². The third-order valence-electron chi connectivity index (χ3n) is 2.28. The molecule has 0 amide bonds. The van der Waals surface area contributed by atoms with Crippen molar-refractivity contribution >= 4 is 5.97 Å². The Morgan fingerprint density at radius 3 is 2.65 bits per heavy atom. The van der Waals surface area contributed by atoms with E-state index in [0.717, 1.165) is 5.56 Å². The van der Waals surface area contributed by atoms with Crippen LogP contribution in [0.4, 0.5) is 0 Å². The minimum absolute atomic E-state index is 0.149. The SMILES string of the molecule is COC(=O)COc1cc(OC)ccc1C(C)N. The van der Waals surface area contributed by atoms with E-state index in [0.29, 0.717) is 11.5 Å². The first-order valence-electron chi connectivity index (χ1n) is 5.21. The molecule has 5 heteroatoms. The molecule has 0 aliphatic heterocycles. The van der Waals surface area contributed by atoms with Crippen LogP contribution in [0, 0.1) is 0 Å². The van der Waals surface area contributed by atoms with Gasteiger partial charge in [-0.2, -0.15) is 0 Å². The molecule has 5 nitrogen and oxygen atoms in total. The summed E-state index contributed by atoms with van der Waals surface area (Å²) in [5.74, 6) is 0.738. The van der Waals surface area contributed by atoms with Crippen LogP contribution in [-0.2, 0) is 9.53 Å². The van der Waals surface area contributed by atoms with Crippen LogP contribution in [0.25, 0.3) is 0 Å². The minimum Gasteiger partial charge on any atom is -0.497 e. The van der Waals surface area contributed by atoms with Crippen LogP contribution in [-0.4, -0.2) is 26.8 Å². The van der Waals surface area contributed by atoms with E-state index in [9.17, 15) is 4.79 Å². The van der Waals surface area contributed by atoms with Crippen molar-refractivity contribution in [3.8, 4) is 11.5 Å². The highest BCUT2D eigenvalue weighted by molar-refractivity contribution is 5.71. The van der Waals surface area contributed by atoms with Crippen LogP contribution < -0.4 is 15.2 Å². The Kier molecular flexibility index (Phi) is 4.78. The van der Waals surface area contributed by atoms with Gasteiger partial charge in [-0.3, -0.25) is 0 Å². The fraction of sp³-hybridized carbons (Fsp3) is 0.417. The van der Waals surface area contributed by atoms with Gasteiger partial charge in [0.1, 0.15) is 11.5 Å². The zero-order valence-corrected chi connectivity index (χ0v) is 10.2. The molecule has 0 aliphatic rings. The van der Waals surface area contributed by atoms with Crippen molar-refractivity contribution in [1.82, 2.24) is 0 Å². The van der Waals surface area contributed by atoms with E-state index in [1.165, 1.54) is 7.11 Å². The van der Waals surface area contributed by atoms with Crippen LogP contribution in [0.2, 0.25) is 0 Å². The first kappa shape index (κ1) is 13.3. The molecule has 17 heavy (non-hydrogen) atoms. The largest absolute Gasteiger partial charge is 0.497 e. The molecular weight excluding hydrogens is 222 g/mol. The Bertz CT molecular complexity index is 390. The Balaban J connectivity index is 2.89. The minimum atomic E-state index is -0.441. The van der Waals surface area contributed by atoms with Crippen molar-refractivity contribution in [2.24, 2.45) is 5.73 Å². The molecule has 0 aromatic heterocycles. The summed E-state index contributed by atoms with van der Waals surface area (Å²) in [5.41, 5.74) is 6.62. The standard InChI is InChI=1S/C12H17NO4/c1-8(13)10-5-4-9(15-2)6-11(10)17-7-12(14)16-3/h4-6,8H,7,13H2,1-3H3. The Morgan fingerprint density at radius 2 is 2.12 bits per heavy atom. The highest BCUT2D eigenvalue weighted by Crippen LogP contribution is 2.28. The van der Waals surface area contributed by atoms with Crippen LogP contribution >= 0.6 is 0 Å². The second kappa shape index (κ2) is 6.10. The van der Waals surface area contributed by atoms with Crippen molar-refractivity contribution < 1.29 is 19.0 Å². The molecule has 0 fully saturated rings. The summed E-state index contributed by atoms with van der Waals surface area (Å²) in [4.78, 5) is 11.0. The molecular formula is C12H17NO4. The maximum Gasteiger partial charge on any atom is 0.343 e. The summed E-state index contributed by atoms with van der Waals surface area (Å²) in [7, 11) is 2.87. The summed E-state index contributed by atoms with van der Waals surface area (Å²) in [6.45, 7) is 1.69. The molecule has 1 aromatic carbocycles. The van der Waals surface area contributed by atoms with Crippen LogP contribution in [0.1, 0.15) is 18.5 Å². The topological polar surface area (TPSA) is 70.8 Å². The van der Waals surface area contributed by atoms with Gasteiger partial charge in [-0.05, 0) is 13.0 Å². The number of nitrogens with two attached hydrogens (primary N) is 1. The molecule has 1 aromatic rings. The van der Waals surface area contributed by atoms with Gasteiger partial charge in [0.15, 0.2) is 6.61 Å². The molecule has 1 rings (SSSR count). The Hall–Kier alpha value is -1.75. The number of benzene rings is 1. The van der Waals surface area contributed by atoms with Crippen molar-refractivity contribution in [2.45, 2.75) is 13.0 Å². The highest BCUT2D eigenvalue weighted by atomic mass is 16.6. The van der Waals surface area contributed by atoms with Gasteiger partial charge < -0.3 is 19.9 Å². The van der Waals surface area contributed by atoms with Gasteiger partial charge in [0.05, 0.1) is 14.2 Å². The van der Waals surface area contributed by atoms with Gasteiger partial charge in [0.2, 0.25) is 0 Å². The van der Waals surface area contributed by atoms with Crippen molar-refractivity contribution in [3.05, 3.63) is 23.8 Å². The number of ether oxygens (including phenoxy) is 3. The van der Waals surface area contributed by atoms with Gasteiger partial charge in [0.25, 0.3) is 0 Å². The number of carbonyl (C=O) groups is 1. The van der Waals surface area contributed by atoms with Gasteiger partial charge in [-0.25, -0.2) is 4.79 Å². The third-order valence-corrected chi connectivity index (χ3v) is 2.28. The lowest BCUT2D eigenvalue weighted by atomic mass is 10.1. The summed E-state index contributed by atoms with van der Waals surface area (Å²) in [6.07, 6.45) is 0. The molecule has 0 aliphatic carbocycles. The normalized spacial score (nSPS) is 11.8. The Labute approximate surface area is 100 Å². The van der Waals surface area contributed by atoms with Crippen LogP contribution in [0.5, 0.6) is 11.5 Å². The first-order chi connectivity index (χ1) is 8.08. The quantitative estimate of drug-likeness (QED) is 0.783. The molecule has 94 valence electrons. The average Bonchev–Trinajstić information content (AvgIpc) is 2.35. The molecule has 0 saturated heterocycles. The van der Waals surface area contributed by atoms with Gasteiger partial charge >= 0.3 is 5.97 Å². The number of carbonyl (C=O) groups excluding carboxylic acids is 1. The van der Waals surface area contributed by atoms with E-state index in [2.05, 4.69) is 4.74 Å². The smallest absolute Gasteiger partial charge is 0.343 e. The van der Waals surface area contributed by atoms with E-state index < -0.39 is 5.97 Å². The molecule has 0 saturated carbocycles. The van der Waals surface area contributed by atoms with Crippen molar-refractivity contribution in [2.75, 3.05) is 20.8 Å². The van der Waals surface area contributed by atoms with Gasteiger partial charge in [-0.15, -0.1) is 0 Å². The second-order valence-electron chi connectivity index (χ2n) is 3.56. The van der Waals surface area contributed by atoms with E-state index in [4.69, 9.17) is 15.2 Å². The molecule has 1 unspecified atom stereocenters. The number of methoxy groups -OCH3 is 2. The molecule has 2 N–H and O–H groups in total. The number of esters is 1. The number of hydrogen-bond donors (Lipinski definition) is 1. The van der Waals surface area contributed by atoms with E-state index in [1.807, 2.05) is 13.0 Å². The van der Waals surface area contributed by atoms with Crippen LogP contribution in [0.15, 0.2) is 18.2 Å². The van der Waals surface area contributed by atoms with Crippen LogP contribution in [0.3, 0.4) is 0 Å². The molecule has 0 heterocycles. The molecule has 1 atom stereocenters. The predicted molar refractivity (Wildman–Crippen MR) is 63.1 cm³/mol. The zero-order valence-electron chi connectivity index (χ0n) is 10.2. The lowest BCUT2D eigenvalue weighted by molar-refractivity contribution is -0.142. The number of hydrogen-bond acceptors (Lipinski definition) is 5. The maximum absolute atomic E-state index is 11.0.